The molecule has 0 radical (unpaired) electrons. The van der Waals surface area contributed by atoms with Gasteiger partial charge in [0.05, 0.1) is 17.5 Å². The molecule has 2 aromatic rings. The van der Waals surface area contributed by atoms with Crippen LogP contribution < -0.4 is 10.2 Å². The molecule has 1 saturated heterocycles. The van der Waals surface area contributed by atoms with E-state index >= 15 is 4.39 Å². The van der Waals surface area contributed by atoms with Gasteiger partial charge in [-0.3, -0.25) is 4.79 Å². The molecular formula is C22H24F4N4O3. The third kappa shape index (κ3) is 5.52. The number of rotatable bonds is 8. The highest BCUT2D eigenvalue weighted by molar-refractivity contribution is 5.69. The molecule has 0 amide bonds. The molecule has 33 heavy (non-hydrogen) atoms. The number of anilines is 2. The summed E-state index contributed by atoms with van der Waals surface area (Å²) < 4.78 is 59.4. The summed E-state index contributed by atoms with van der Waals surface area (Å²) in [6.07, 6.45) is -1.04. The highest BCUT2D eigenvalue weighted by Crippen LogP contribution is 2.37. The van der Waals surface area contributed by atoms with Gasteiger partial charge in [0.1, 0.15) is 6.33 Å². The Kier molecular flexibility index (Phi) is 6.42. The quantitative estimate of drug-likeness (QED) is 0.561. The highest BCUT2D eigenvalue weighted by Gasteiger charge is 2.38. The Bertz CT molecular complexity index is 990. The molecule has 7 nitrogen and oxygen atoms in total. The number of benzene rings is 1. The molecule has 2 fully saturated rings. The number of hydrogen-bond acceptors (Lipinski definition) is 6. The first-order valence-electron chi connectivity index (χ1n) is 10.7. The third-order valence-corrected chi connectivity index (χ3v) is 5.99. The molecular weight excluding hydrogens is 444 g/mol. The van der Waals surface area contributed by atoms with Crippen molar-refractivity contribution in [3.8, 4) is 0 Å². The fourth-order valence-electron chi connectivity index (χ4n) is 4.06. The maximum absolute atomic E-state index is 15.5. The molecule has 1 aliphatic heterocycles. The molecule has 2 heterocycles. The van der Waals surface area contributed by atoms with Gasteiger partial charge in [0.2, 0.25) is 5.82 Å². The zero-order valence-corrected chi connectivity index (χ0v) is 17.7. The number of carboxylic acids is 1. The third-order valence-electron chi connectivity index (χ3n) is 5.99. The standard InChI is InChI=1S/C22H24F4N4O3/c23-18-19(29-21(11-17(31)32)7-9-33-10-8-21)27-13-28-20(18)30(16-5-6-16)12-14-1-3-15(4-2-14)22(24,25)26/h1-4,13,16H,5-12H2,(H,31,32)(H,27,28,29). The van der Waals surface area contributed by atoms with Crippen molar-refractivity contribution in [2.45, 2.75) is 56.4 Å². The molecule has 11 heteroatoms. The lowest BCUT2D eigenvalue weighted by Gasteiger charge is -2.37. The van der Waals surface area contributed by atoms with Crippen LogP contribution in [0.2, 0.25) is 0 Å². The van der Waals surface area contributed by atoms with E-state index in [9.17, 15) is 23.1 Å². The second-order valence-electron chi connectivity index (χ2n) is 8.50. The van der Waals surface area contributed by atoms with Crippen molar-refractivity contribution >= 4 is 17.6 Å². The molecule has 1 aromatic carbocycles. The van der Waals surface area contributed by atoms with E-state index in [-0.39, 0.29) is 30.6 Å². The average Bonchev–Trinajstić information content (AvgIpc) is 3.59. The summed E-state index contributed by atoms with van der Waals surface area (Å²) in [5.41, 5.74) is -1.05. The average molecular weight is 468 g/mol. The number of hydrogen-bond donors (Lipinski definition) is 2. The number of aliphatic carboxylic acids is 1. The number of halogens is 4. The predicted molar refractivity (Wildman–Crippen MR) is 111 cm³/mol. The van der Waals surface area contributed by atoms with E-state index in [0.29, 0.717) is 31.6 Å². The maximum atomic E-state index is 15.5. The van der Waals surface area contributed by atoms with E-state index in [1.165, 1.54) is 18.5 Å². The summed E-state index contributed by atoms with van der Waals surface area (Å²) in [6.45, 7) is 0.883. The van der Waals surface area contributed by atoms with E-state index in [2.05, 4.69) is 15.3 Å². The Hall–Kier alpha value is -2.95. The van der Waals surface area contributed by atoms with Crippen LogP contribution in [0.25, 0.3) is 0 Å². The van der Waals surface area contributed by atoms with Gasteiger partial charge in [0.25, 0.3) is 0 Å². The topological polar surface area (TPSA) is 87.6 Å². The number of aromatic nitrogens is 2. The van der Waals surface area contributed by atoms with Crippen LogP contribution in [0.4, 0.5) is 29.2 Å². The molecule has 0 bridgehead atoms. The largest absolute Gasteiger partial charge is 0.481 e. The smallest absolute Gasteiger partial charge is 0.416 e. The van der Waals surface area contributed by atoms with Crippen LogP contribution in [0, 0.1) is 5.82 Å². The van der Waals surface area contributed by atoms with Gasteiger partial charge < -0.3 is 20.1 Å². The van der Waals surface area contributed by atoms with Crippen LogP contribution in [0.1, 0.15) is 43.2 Å². The van der Waals surface area contributed by atoms with Crippen molar-refractivity contribution in [1.82, 2.24) is 9.97 Å². The van der Waals surface area contributed by atoms with E-state index in [0.717, 1.165) is 25.0 Å². The van der Waals surface area contributed by atoms with E-state index < -0.39 is 29.1 Å². The monoisotopic (exact) mass is 468 g/mol. The molecule has 1 aliphatic carbocycles. The Morgan fingerprint density at radius 2 is 1.85 bits per heavy atom. The Morgan fingerprint density at radius 1 is 1.18 bits per heavy atom. The van der Waals surface area contributed by atoms with E-state index in [1.54, 1.807) is 4.90 Å². The first-order chi connectivity index (χ1) is 15.7. The van der Waals surface area contributed by atoms with Crippen LogP contribution in [0.5, 0.6) is 0 Å². The normalized spacial score (nSPS) is 18.1. The number of nitrogens with zero attached hydrogens (tertiary/aromatic N) is 3. The summed E-state index contributed by atoms with van der Waals surface area (Å²) in [5.74, 6) is -1.79. The second-order valence-corrected chi connectivity index (χ2v) is 8.50. The SMILES string of the molecule is O=C(O)CC1(Nc2ncnc(N(Cc3ccc(C(F)(F)F)cc3)C3CC3)c2F)CCOCC1. The van der Waals surface area contributed by atoms with Gasteiger partial charge in [-0.15, -0.1) is 0 Å². The predicted octanol–water partition coefficient (Wildman–Crippen LogP) is 4.24. The molecule has 178 valence electrons. The fraction of sp³-hybridized carbons (Fsp3) is 0.500. The number of carboxylic acid groups (broad SMARTS) is 1. The zero-order valence-electron chi connectivity index (χ0n) is 17.7. The van der Waals surface area contributed by atoms with E-state index in [4.69, 9.17) is 4.74 Å². The molecule has 1 saturated carbocycles. The summed E-state index contributed by atoms with van der Waals surface area (Å²) in [4.78, 5) is 21.3. The van der Waals surface area contributed by atoms with Crippen LogP contribution in [-0.2, 0) is 22.3 Å². The molecule has 1 aromatic heterocycles. The van der Waals surface area contributed by atoms with Crippen molar-refractivity contribution in [2.24, 2.45) is 0 Å². The Labute approximate surface area is 187 Å². The van der Waals surface area contributed by atoms with Gasteiger partial charge >= 0.3 is 12.1 Å². The number of nitrogens with one attached hydrogen (secondary N) is 1. The van der Waals surface area contributed by atoms with Gasteiger partial charge in [-0.25, -0.2) is 9.97 Å². The molecule has 2 N–H and O–H groups in total. The molecule has 0 unspecified atom stereocenters. The van der Waals surface area contributed by atoms with Crippen LogP contribution in [0.15, 0.2) is 30.6 Å². The van der Waals surface area contributed by atoms with E-state index in [1.807, 2.05) is 0 Å². The van der Waals surface area contributed by atoms with Crippen molar-refractivity contribution in [3.63, 3.8) is 0 Å². The van der Waals surface area contributed by atoms with Crippen molar-refractivity contribution in [3.05, 3.63) is 47.5 Å². The molecule has 2 aliphatic rings. The number of alkyl halides is 3. The van der Waals surface area contributed by atoms with Crippen molar-refractivity contribution < 1.29 is 32.2 Å². The van der Waals surface area contributed by atoms with Gasteiger partial charge in [-0.1, -0.05) is 12.1 Å². The van der Waals surface area contributed by atoms with Gasteiger partial charge in [-0.2, -0.15) is 17.6 Å². The van der Waals surface area contributed by atoms with Crippen molar-refractivity contribution in [1.29, 1.82) is 0 Å². The Morgan fingerprint density at radius 3 is 2.42 bits per heavy atom. The Balaban J connectivity index is 1.58. The molecule has 0 spiro atoms. The highest BCUT2D eigenvalue weighted by atomic mass is 19.4. The van der Waals surface area contributed by atoms with Gasteiger partial charge in [0.15, 0.2) is 11.6 Å². The molecule has 4 rings (SSSR count). The van der Waals surface area contributed by atoms with Crippen LogP contribution in [-0.4, -0.2) is 45.8 Å². The lowest BCUT2D eigenvalue weighted by atomic mass is 9.86. The first-order valence-corrected chi connectivity index (χ1v) is 10.7. The summed E-state index contributed by atoms with van der Waals surface area (Å²) in [7, 11) is 0. The van der Waals surface area contributed by atoms with Crippen molar-refractivity contribution in [2.75, 3.05) is 23.4 Å². The number of carbonyl (C=O) groups is 1. The fourth-order valence-corrected chi connectivity index (χ4v) is 4.06. The summed E-state index contributed by atoms with van der Waals surface area (Å²) >= 11 is 0. The van der Waals surface area contributed by atoms with Gasteiger partial charge in [0, 0.05) is 25.8 Å². The van der Waals surface area contributed by atoms with Gasteiger partial charge in [-0.05, 0) is 43.4 Å². The van der Waals surface area contributed by atoms with Crippen LogP contribution >= 0.6 is 0 Å². The summed E-state index contributed by atoms with van der Waals surface area (Å²) in [6, 6.07) is 4.77. The first kappa shape index (κ1) is 23.2. The molecule has 0 atom stereocenters. The zero-order chi connectivity index (χ0) is 23.6. The number of ether oxygens (including phenoxy) is 1. The lowest BCUT2D eigenvalue weighted by Crippen LogP contribution is -2.46. The lowest BCUT2D eigenvalue weighted by molar-refractivity contribution is -0.139. The minimum Gasteiger partial charge on any atom is -0.481 e. The minimum atomic E-state index is -4.43. The summed E-state index contributed by atoms with van der Waals surface area (Å²) in [5, 5.41) is 12.3. The van der Waals surface area contributed by atoms with Crippen LogP contribution in [0.3, 0.4) is 0 Å². The minimum absolute atomic E-state index is 0.0144. The maximum Gasteiger partial charge on any atom is 0.416 e. The second kappa shape index (κ2) is 9.12.